The Morgan fingerprint density at radius 2 is 2.19 bits per heavy atom. The largest absolute Gasteiger partial charge is 0.467 e. The number of halogens is 1. The van der Waals surface area contributed by atoms with Gasteiger partial charge in [0, 0.05) is 10.7 Å². The molecule has 0 saturated heterocycles. The topological polar surface area (TPSA) is 80.0 Å². The molecule has 3 aromatic rings. The summed E-state index contributed by atoms with van der Waals surface area (Å²) >= 11 is 8.85. The molecule has 0 aliphatic rings. The van der Waals surface area contributed by atoms with Gasteiger partial charge in [0.05, 0.1) is 18.1 Å². The Labute approximate surface area is 164 Å². The van der Waals surface area contributed by atoms with Crippen molar-refractivity contribution < 1.29 is 9.21 Å². The first-order chi connectivity index (χ1) is 12.5. The second kappa shape index (κ2) is 8.57. The van der Waals surface area contributed by atoms with Crippen molar-refractivity contribution in [3.63, 3.8) is 0 Å². The number of anilines is 2. The highest BCUT2D eigenvalue weighted by Gasteiger charge is 2.18. The van der Waals surface area contributed by atoms with Crippen LogP contribution in [0, 0.1) is 6.92 Å². The van der Waals surface area contributed by atoms with E-state index < -0.39 is 0 Å². The van der Waals surface area contributed by atoms with Crippen LogP contribution in [0.3, 0.4) is 0 Å². The van der Waals surface area contributed by atoms with Gasteiger partial charge in [-0.2, -0.15) is 0 Å². The van der Waals surface area contributed by atoms with Gasteiger partial charge in [0.1, 0.15) is 5.76 Å². The average molecular weight is 409 g/mol. The summed E-state index contributed by atoms with van der Waals surface area (Å²) in [5.41, 5.74) is 1.56. The molecule has 9 heteroatoms. The number of benzene rings is 1. The molecule has 2 N–H and O–H groups in total. The Morgan fingerprint density at radius 1 is 1.35 bits per heavy atom. The van der Waals surface area contributed by atoms with Gasteiger partial charge in [-0.15, -0.1) is 10.2 Å². The SMILES string of the molecule is Cc1c(Cl)cccc1NC(=O)[C@H](C)Sc1nnc(NCc2ccco2)s1. The molecule has 0 aliphatic heterocycles. The number of carbonyl (C=O) groups excluding carboxylic acids is 1. The second-order valence-electron chi connectivity index (χ2n) is 5.47. The number of nitrogens with one attached hydrogen (secondary N) is 2. The first-order valence-electron chi connectivity index (χ1n) is 7.85. The van der Waals surface area contributed by atoms with Crippen LogP contribution in [0.15, 0.2) is 45.4 Å². The third-order valence-corrected chi connectivity index (χ3v) is 6.05. The zero-order valence-corrected chi connectivity index (χ0v) is 16.5. The van der Waals surface area contributed by atoms with Crippen LogP contribution in [0.25, 0.3) is 0 Å². The van der Waals surface area contributed by atoms with Crippen molar-refractivity contribution >= 4 is 51.4 Å². The number of nitrogens with zero attached hydrogens (tertiary/aromatic N) is 2. The van der Waals surface area contributed by atoms with Crippen molar-refractivity contribution in [2.45, 2.75) is 30.0 Å². The van der Waals surface area contributed by atoms with Gasteiger partial charge in [-0.05, 0) is 43.7 Å². The standard InChI is InChI=1S/C17H17ClN4O2S2/c1-10-13(18)6-3-7-14(10)20-15(23)11(2)25-17-22-21-16(26-17)19-9-12-5-4-8-24-12/h3-8,11H,9H2,1-2H3,(H,19,21)(H,20,23)/t11-/m0/s1. The molecule has 0 unspecified atom stereocenters. The summed E-state index contributed by atoms with van der Waals surface area (Å²) in [6.45, 7) is 4.24. The van der Waals surface area contributed by atoms with E-state index in [2.05, 4.69) is 20.8 Å². The third-order valence-electron chi connectivity index (χ3n) is 3.57. The maximum atomic E-state index is 12.4. The molecule has 26 heavy (non-hydrogen) atoms. The predicted molar refractivity (Wildman–Crippen MR) is 106 cm³/mol. The van der Waals surface area contributed by atoms with Gasteiger partial charge in [-0.3, -0.25) is 4.79 Å². The summed E-state index contributed by atoms with van der Waals surface area (Å²) in [6.07, 6.45) is 1.63. The number of thioether (sulfide) groups is 1. The molecule has 1 aromatic carbocycles. The number of hydrogen-bond acceptors (Lipinski definition) is 7. The van der Waals surface area contributed by atoms with Gasteiger partial charge >= 0.3 is 0 Å². The number of carbonyl (C=O) groups is 1. The predicted octanol–water partition coefficient (Wildman–Crippen LogP) is 4.82. The lowest BCUT2D eigenvalue weighted by Crippen LogP contribution is -2.22. The molecule has 0 saturated carbocycles. The average Bonchev–Trinajstić information content (AvgIpc) is 3.28. The van der Waals surface area contributed by atoms with Crippen LogP contribution in [0.4, 0.5) is 10.8 Å². The molecular formula is C17H17ClN4O2S2. The van der Waals surface area contributed by atoms with Crippen LogP contribution >= 0.6 is 34.7 Å². The highest BCUT2D eigenvalue weighted by molar-refractivity contribution is 8.02. The molecule has 2 aromatic heterocycles. The summed E-state index contributed by atoms with van der Waals surface area (Å²) in [6, 6.07) is 9.15. The van der Waals surface area contributed by atoms with Gasteiger partial charge in [0.2, 0.25) is 11.0 Å². The Hall–Kier alpha value is -2.03. The molecule has 1 atom stereocenters. The van der Waals surface area contributed by atoms with E-state index in [-0.39, 0.29) is 11.2 Å². The molecule has 0 bridgehead atoms. The highest BCUT2D eigenvalue weighted by atomic mass is 35.5. The Balaban J connectivity index is 1.54. The highest BCUT2D eigenvalue weighted by Crippen LogP contribution is 2.30. The van der Waals surface area contributed by atoms with E-state index in [1.165, 1.54) is 23.1 Å². The number of rotatable bonds is 7. The Morgan fingerprint density at radius 3 is 2.96 bits per heavy atom. The molecule has 1 amide bonds. The normalized spacial score (nSPS) is 12.0. The lowest BCUT2D eigenvalue weighted by molar-refractivity contribution is -0.115. The van der Waals surface area contributed by atoms with E-state index >= 15 is 0 Å². The summed E-state index contributed by atoms with van der Waals surface area (Å²) in [5, 5.41) is 15.2. The Bertz CT molecular complexity index is 883. The third kappa shape index (κ3) is 4.78. The number of furan rings is 1. The van der Waals surface area contributed by atoms with Crippen LogP contribution in [0.1, 0.15) is 18.2 Å². The van der Waals surface area contributed by atoms with E-state index in [0.717, 1.165) is 15.7 Å². The molecule has 0 radical (unpaired) electrons. The fourth-order valence-electron chi connectivity index (χ4n) is 2.09. The number of hydrogen-bond donors (Lipinski definition) is 2. The van der Waals surface area contributed by atoms with E-state index in [1.807, 2.05) is 38.1 Å². The summed E-state index contributed by atoms with van der Waals surface area (Å²) < 4.78 is 5.98. The van der Waals surface area contributed by atoms with E-state index in [9.17, 15) is 4.79 Å². The van der Waals surface area contributed by atoms with Crippen molar-refractivity contribution in [3.8, 4) is 0 Å². The minimum atomic E-state index is -0.320. The van der Waals surface area contributed by atoms with Crippen molar-refractivity contribution in [1.29, 1.82) is 0 Å². The van der Waals surface area contributed by atoms with Crippen LogP contribution in [0.5, 0.6) is 0 Å². The van der Waals surface area contributed by atoms with Crippen molar-refractivity contribution in [1.82, 2.24) is 10.2 Å². The smallest absolute Gasteiger partial charge is 0.237 e. The fourth-order valence-corrected chi connectivity index (χ4v) is 4.15. The second-order valence-corrected chi connectivity index (χ2v) is 8.44. The molecule has 0 fully saturated rings. The van der Waals surface area contributed by atoms with Gasteiger partial charge in [0.15, 0.2) is 4.34 Å². The molecular weight excluding hydrogens is 392 g/mol. The van der Waals surface area contributed by atoms with Gasteiger partial charge in [-0.1, -0.05) is 40.8 Å². The zero-order chi connectivity index (χ0) is 18.5. The van der Waals surface area contributed by atoms with Crippen molar-refractivity contribution in [3.05, 3.63) is 52.9 Å². The van der Waals surface area contributed by atoms with Crippen molar-refractivity contribution in [2.75, 3.05) is 10.6 Å². The van der Waals surface area contributed by atoms with Crippen LogP contribution in [0.2, 0.25) is 5.02 Å². The molecule has 6 nitrogen and oxygen atoms in total. The maximum Gasteiger partial charge on any atom is 0.237 e. The zero-order valence-electron chi connectivity index (χ0n) is 14.2. The minimum absolute atomic E-state index is 0.110. The molecule has 3 rings (SSSR count). The van der Waals surface area contributed by atoms with Crippen LogP contribution in [-0.4, -0.2) is 21.4 Å². The number of aromatic nitrogens is 2. The first kappa shape index (κ1) is 18.8. The summed E-state index contributed by atoms with van der Waals surface area (Å²) in [4.78, 5) is 12.4. The summed E-state index contributed by atoms with van der Waals surface area (Å²) in [5.74, 6) is 0.708. The molecule has 136 valence electrons. The molecule has 0 aliphatic carbocycles. The van der Waals surface area contributed by atoms with Gasteiger partial charge in [-0.25, -0.2) is 0 Å². The van der Waals surface area contributed by atoms with E-state index in [0.29, 0.717) is 22.4 Å². The van der Waals surface area contributed by atoms with Gasteiger partial charge in [0.25, 0.3) is 0 Å². The first-order valence-corrected chi connectivity index (χ1v) is 9.92. The van der Waals surface area contributed by atoms with Gasteiger partial charge < -0.3 is 15.1 Å². The van der Waals surface area contributed by atoms with Crippen LogP contribution in [-0.2, 0) is 11.3 Å². The molecule has 0 spiro atoms. The van der Waals surface area contributed by atoms with Crippen molar-refractivity contribution in [2.24, 2.45) is 0 Å². The lowest BCUT2D eigenvalue weighted by Gasteiger charge is -2.12. The fraction of sp³-hybridized carbons (Fsp3) is 0.235. The minimum Gasteiger partial charge on any atom is -0.467 e. The maximum absolute atomic E-state index is 12.4. The molecule has 2 heterocycles. The number of amides is 1. The van der Waals surface area contributed by atoms with E-state index in [1.54, 1.807) is 12.3 Å². The monoisotopic (exact) mass is 408 g/mol. The van der Waals surface area contributed by atoms with Crippen LogP contribution < -0.4 is 10.6 Å². The quantitative estimate of drug-likeness (QED) is 0.545. The van der Waals surface area contributed by atoms with E-state index in [4.69, 9.17) is 16.0 Å². The Kier molecular flexibility index (Phi) is 6.18. The lowest BCUT2D eigenvalue weighted by atomic mass is 10.2. The summed E-state index contributed by atoms with van der Waals surface area (Å²) in [7, 11) is 0.